The van der Waals surface area contributed by atoms with E-state index in [4.69, 9.17) is 9.84 Å². The summed E-state index contributed by atoms with van der Waals surface area (Å²) in [5, 5.41) is 11.4. The summed E-state index contributed by atoms with van der Waals surface area (Å²) in [6, 6.07) is 7.30. The smallest absolute Gasteiger partial charge is 0.303 e. The number of amides is 2. The van der Waals surface area contributed by atoms with E-state index in [-0.39, 0.29) is 31.2 Å². The van der Waals surface area contributed by atoms with Gasteiger partial charge in [-0.25, -0.2) is 0 Å². The maximum absolute atomic E-state index is 12.6. The van der Waals surface area contributed by atoms with Crippen LogP contribution in [0.25, 0.3) is 0 Å². The first-order valence-electron chi connectivity index (χ1n) is 8.90. The standard InChI is InChI=1S/C19H26N2O5/c1-19(2)18(25)21(14-8-5-6-9-15(14)26-19)13-11-16(22)20-12-7-3-4-10-17(23)24/h5-6,8-9H,3-4,7,10-13H2,1-2H3,(H,20,22)(H,23,24). The molecule has 1 aromatic rings. The normalized spacial score (nSPS) is 15.2. The first kappa shape index (κ1) is 19.8. The zero-order valence-corrected chi connectivity index (χ0v) is 15.3. The zero-order valence-electron chi connectivity index (χ0n) is 15.3. The van der Waals surface area contributed by atoms with Gasteiger partial charge >= 0.3 is 5.97 Å². The Hall–Kier alpha value is -2.57. The molecule has 0 fully saturated rings. The van der Waals surface area contributed by atoms with Crippen LogP contribution in [0.3, 0.4) is 0 Å². The van der Waals surface area contributed by atoms with E-state index in [0.29, 0.717) is 24.4 Å². The van der Waals surface area contributed by atoms with Gasteiger partial charge in [-0.05, 0) is 38.8 Å². The number of unbranched alkanes of at least 4 members (excludes halogenated alkanes) is 2. The molecule has 0 bridgehead atoms. The lowest BCUT2D eigenvalue weighted by Crippen LogP contribution is -2.53. The van der Waals surface area contributed by atoms with Crippen molar-refractivity contribution >= 4 is 23.5 Å². The number of hydrogen-bond acceptors (Lipinski definition) is 4. The van der Waals surface area contributed by atoms with Crippen LogP contribution in [-0.2, 0) is 14.4 Å². The van der Waals surface area contributed by atoms with E-state index in [0.717, 1.165) is 12.8 Å². The fourth-order valence-corrected chi connectivity index (χ4v) is 2.85. The summed E-state index contributed by atoms with van der Waals surface area (Å²) in [7, 11) is 0. The third kappa shape index (κ3) is 5.21. The number of aliphatic carboxylic acids is 1. The van der Waals surface area contributed by atoms with Gasteiger partial charge in [0.15, 0.2) is 5.60 Å². The molecular formula is C19H26N2O5. The Balaban J connectivity index is 1.81. The van der Waals surface area contributed by atoms with Gasteiger partial charge in [0.2, 0.25) is 5.91 Å². The lowest BCUT2D eigenvalue weighted by atomic mass is 10.0. The quantitative estimate of drug-likeness (QED) is 0.658. The molecule has 7 heteroatoms. The number of carbonyl (C=O) groups excluding carboxylic acids is 2. The van der Waals surface area contributed by atoms with Gasteiger partial charge < -0.3 is 20.1 Å². The van der Waals surface area contributed by atoms with E-state index in [1.807, 2.05) is 24.3 Å². The Bertz CT molecular complexity index is 672. The number of carboxylic acids is 1. The number of anilines is 1. The molecule has 0 saturated heterocycles. The molecule has 26 heavy (non-hydrogen) atoms. The monoisotopic (exact) mass is 362 g/mol. The highest BCUT2D eigenvalue weighted by atomic mass is 16.5. The maximum atomic E-state index is 12.6. The molecule has 0 unspecified atom stereocenters. The van der Waals surface area contributed by atoms with E-state index in [1.54, 1.807) is 18.7 Å². The summed E-state index contributed by atoms with van der Waals surface area (Å²) in [5.41, 5.74) is -0.284. The van der Waals surface area contributed by atoms with Crippen LogP contribution in [0.5, 0.6) is 5.75 Å². The van der Waals surface area contributed by atoms with Crippen molar-refractivity contribution in [3.63, 3.8) is 0 Å². The fourth-order valence-electron chi connectivity index (χ4n) is 2.85. The van der Waals surface area contributed by atoms with Crippen LogP contribution < -0.4 is 15.0 Å². The zero-order chi connectivity index (χ0) is 19.2. The van der Waals surface area contributed by atoms with Crippen molar-refractivity contribution in [1.29, 1.82) is 0 Å². The van der Waals surface area contributed by atoms with Crippen molar-refractivity contribution in [2.75, 3.05) is 18.0 Å². The van der Waals surface area contributed by atoms with Crippen molar-refractivity contribution in [3.8, 4) is 5.75 Å². The van der Waals surface area contributed by atoms with Gasteiger partial charge in [-0.2, -0.15) is 0 Å². The van der Waals surface area contributed by atoms with E-state index in [1.165, 1.54) is 0 Å². The van der Waals surface area contributed by atoms with Crippen LogP contribution in [0.2, 0.25) is 0 Å². The minimum absolute atomic E-state index is 0.127. The summed E-state index contributed by atoms with van der Waals surface area (Å²) >= 11 is 0. The largest absolute Gasteiger partial charge is 0.481 e. The molecule has 1 aromatic carbocycles. The third-order valence-corrected chi connectivity index (χ3v) is 4.23. The number of nitrogens with one attached hydrogen (secondary N) is 1. The Morgan fingerprint density at radius 3 is 2.62 bits per heavy atom. The third-order valence-electron chi connectivity index (χ3n) is 4.23. The minimum atomic E-state index is -0.963. The number of rotatable bonds is 9. The fraction of sp³-hybridized carbons (Fsp3) is 0.526. The number of fused-ring (bicyclic) bond motifs is 1. The second kappa shape index (κ2) is 8.69. The van der Waals surface area contributed by atoms with Crippen molar-refractivity contribution in [1.82, 2.24) is 5.32 Å². The second-order valence-electron chi connectivity index (χ2n) is 6.84. The summed E-state index contributed by atoms with van der Waals surface area (Å²) in [6.07, 6.45) is 2.47. The maximum Gasteiger partial charge on any atom is 0.303 e. The van der Waals surface area contributed by atoms with E-state index >= 15 is 0 Å². The molecular weight excluding hydrogens is 336 g/mol. The lowest BCUT2D eigenvalue weighted by Gasteiger charge is -2.38. The molecule has 2 rings (SSSR count). The van der Waals surface area contributed by atoms with Gasteiger partial charge in [-0.1, -0.05) is 18.6 Å². The summed E-state index contributed by atoms with van der Waals surface area (Å²) < 4.78 is 5.75. The lowest BCUT2D eigenvalue weighted by molar-refractivity contribution is -0.137. The predicted molar refractivity (Wildman–Crippen MR) is 97.2 cm³/mol. The number of carboxylic acid groups (broad SMARTS) is 1. The van der Waals surface area contributed by atoms with Crippen molar-refractivity contribution in [3.05, 3.63) is 24.3 Å². The highest BCUT2D eigenvalue weighted by Gasteiger charge is 2.40. The Morgan fingerprint density at radius 1 is 1.15 bits per heavy atom. The van der Waals surface area contributed by atoms with Crippen LogP contribution in [0, 0.1) is 0 Å². The average molecular weight is 362 g/mol. The molecule has 1 aliphatic rings. The number of benzene rings is 1. The molecule has 0 aromatic heterocycles. The number of carbonyl (C=O) groups is 3. The number of nitrogens with zero attached hydrogens (tertiary/aromatic N) is 1. The van der Waals surface area contributed by atoms with Gasteiger partial charge in [0.1, 0.15) is 5.75 Å². The van der Waals surface area contributed by atoms with Crippen molar-refractivity contribution < 1.29 is 24.2 Å². The Kier molecular flexibility index (Phi) is 6.60. The van der Waals surface area contributed by atoms with Crippen molar-refractivity contribution in [2.45, 2.75) is 51.6 Å². The first-order chi connectivity index (χ1) is 12.3. The van der Waals surface area contributed by atoms with Gasteiger partial charge in [-0.3, -0.25) is 14.4 Å². The van der Waals surface area contributed by atoms with Crippen LogP contribution in [0.4, 0.5) is 5.69 Å². The van der Waals surface area contributed by atoms with Crippen molar-refractivity contribution in [2.24, 2.45) is 0 Å². The summed E-state index contributed by atoms with van der Waals surface area (Å²) in [6.45, 7) is 4.23. The number of ether oxygens (including phenoxy) is 1. The first-order valence-corrected chi connectivity index (χ1v) is 8.90. The Morgan fingerprint density at radius 2 is 1.88 bits per heavy atom. The molecule has 2 amide bonds. The second-order valence-corrected chi connectivity index (χ2v) is 6.84. The highest BCUT2D eigenvalue weighted by Crippen LogP contribution is 2.37. The van der Waals surface area contributed by atoms with Gasteiger partial charge in [0.05, 0.1) is 5.69 Å². The van der Waals surface area contributed by atoms with Crippen LogP contribution >= 0.6 is 0 Å². The number of para-hydroxylation sites is 2. The molecule has 142 valence electrons. The topological polar surface area (TPSA) is 95.9 Å². The average Bonchev–Trinajstić information content (AvgIpc) is 2.58. The molecule has 0 saturated carbocycles. The van der Waals surface area contributed by atoms with Crippen LogP contribution in [0.15, 0.2) is 24.3 Å². The molecule has 7 nitrogen and oxygen atoms in total. The number of hydrogen-bond donors (Lipinski definition) is 2. The van der Waals surface area contributed by atoms with Gasteiger partial charge in [0.25, 0.3) is 5.91 Å². The Labute approximate surface area is 153 Å². The van der Waals surface area contributed by atoms with E-state index < -0.39 is 11.6 Å². The molecule has 0 spiro atoms. The predicted octanol–water partition coefficient (Wildman–Crippen LogP) is 2.34. The SMILES string of the molecule is CC1(C)Oc2ccccc2N(CCC(=O)NCCCCCC(=O)O)C1=O. The molecule has 0 atom stereocenters. The summed E-state index contributed by atoms with van der Waals surface area (Å²) in [4.78, 5) is 36.7. The summed E-state index contributed by atoms with van der Waals surface area (Å²) in [5.74, 6) is -0.459. The molecule has 0 aliphatic carbocycles. The molecule has 1 heterocycles. The molecule has 2 N–H and O–H groups in total. The van der Waals surface area contributed by atoms with Crippen LogP contribution in [0.1, 0.15) is 46.0 Å². The molecule has 0 radical (unpaired) electrons. The molecule has 1 aliphatic heterocycles. The highest BCUT2D eigenvalue weighted by molar-refractivity contribution is 6.02. The van der Waals surface area contributed by atoms with Crippen LogP contribution in [-0.4, -0.2) is 41.6 Å². The van der Waals surface area contributed by atoms with Gasteiger partial charge in [0, 0.05) is 25.9 Å². The van der Waals surface area contributed by atoms with E-state index in [2.05, 4.69) is 5.32 Å². The minimum Gasteiger partial charge on any atom is -0.481 e. The van der Waals surface area contributed by atoms with Gasteiger partial charge in [-0.15, -0.1) is 0 Å². The van der Waals surface area contributed by atoms with E-state index in [9.17, 15) is 14.4 Å².